The molecular weight excluding hydrogens is 330 g/mol. The summed E-state index contributed by atoms with van der Waals surface area (Å²) in [6.45, 7) is 3.75. The minimum absolute atomic E-state index is 0.245. The average molecular weight is 343 g/mol. The van der Waals surface area contributed by atoms with Gasteiger partial charge in [0.15, 0.2) is 0 Å². The molecule has 0 saturated carbocycles. The summed E-state index contributed by atoms with van der Waals surface area (Å²) in [7, 11) is 1.84. The quantitative estimate of drug-likeness (QED) is 0.904. The topological polar surface area (TPSA) is 46.9 Å². The third kappa shape index (κ3) is 2.82. The maximum absolute atomic E-state index is 12.2. The second kappa shape index (κ2) is 5.35. The van der Waals surface area contributed by atoms with Crippen LogP contribution in [-0.2, 0) is 7.05 Å². The Hall–Kier alpha value is -1.33. The van der Waals surface area contributed by atoms with Crippen LogP contribution in [0, 0.1) is 13.8 Å². The largest absolute Gasteiger partial charge is 0.319 e. The first kappa shape index (κ1) is 14.1. The van der Waals surface area contributed by atoms with Crippen LogP contribution in [0.15, 0.2) is 22.7 Å². The van der Waals surface area contributed by atoms with Crippen LogP contribution >= 0.6 is 27.5 Å². The first-order chi connectivity index (χ1) is 8.90. The van der Waals surface area contributed by atoms with Crippen molar-refractivity contribution in [2.45, 2.75) is 13.8 Å². The highest BCUT2D eigenvalue weighted by molar-refractivity contribution is 9.10. The van der Waals surface area contributed by atoms with Gasteiger partial charge in [-0.3, -0.25) is 9.48 Å². The molecule has 1 amide bonds. The van der Waals surface area contributed by atoms with Crippen LogP contribution in [0.3, 0.4) is 0 Å². The van der Waals surface area contributed by atoms with Gasteiger partial charge in [0.2, 0.25) is 0 Å². The molecule has 6 heteroatoms. The molecule has 1 N–H and O–H groups in total. The lowest BCUT2D eigenvalue weighted by Crippen LogP contribution is -2.13. The zero-order valence-corrected chi connectivity index (χ0v) is 13.1. The molecule has 2 rings (SSSR count). The van der Waals surface area contributed by atoms with E-state index in [9.17, 15) is 4.79 Å². The van der Waals surface area contributed by atoms with Crippen molar-refractivity contribution < 1.29 is 4.79 Å². The number of benzene rings is 1. The molecule has 0 spiro atoms. The highest BCUT2D eigenvalue weighted by atomic mass is 79.9. The molecule has 0 bridgehead atoms. The fourth-order valence-corrected chi connectivity index (χ4v) is 2.37. The highest BCUT2D eigenvalue weighted by Gasteiger charge is 2.16. The van der Waals surface area contributed by atoms with E-state index in [1.807, 2.05) is 20.9 Å². The maximum atomic E-state index is 12.2. The number of nitrogens with zero attached hydrogens (tertiary/aromatic N) is 2. The molecule has 1 aromatic heterocycles. The Kier molecular flexibility index (Phi) is 3.96. The van der Waals surface area contributed by atoms with E-state index in [0.717, 1.165) is 21.5 Å². The zero-order chi connectivity index (χ0) is 14.2. The lowest BCUT2D eigenvalue weighted by Gasteiger charge is -2.07. The van der Waals surface area contributed by atoms with E-state index in [0.29, 0.717) is 10.6 Å². The van der Waals surface area contributed by atoms with Crippen molar-refractivity contribution in [2.75, 3.05) is 5.32 Å². The second-order valence-corrected chi connectivity index (χ2v) is 5.57. The van der Waals surface area contributed by atoms with E-state index in [1.165, 1.54) is 0 Å². The number of carbonyl (C=O) groups excluding carboxylic acids is 1. The van der Waals surface area contributed by atoms with E-state index in [4.69, 9.17) is 11.6 Å². The minimum atomic E-state index is -0.245. The number of nitrogens with one attached hydrogen (secondary N) is 1. The number of carbonyl (C=O) groups is 1. The number of aromatic nitrogens is 2. The van der Waals surface area contributed by atoms with E-state index in [2.05, 4.69) is 26.3 Å². The number of anilines is 1. The Morgan fingerprint density at radius 3 is 2.68 bits per heavy atom. The summed E-state index contributed by atoms with van der Waals surface area (Å²) >= 11 is 9.37. The molecule has 0 aliphatic carbocycles. The van der Waals surface area contributed by atoms with Crippen LogP contribution in [0.25, 0.3) is 0 Å². The van der Waals surface area contributed by atoms with Crippen molar-refractivity contribution in [1.29, 1.82) is 0 Å². The van der Waals surface area contributed by atoms with Crippen LogP contribution in [-0.4, -0.2) is 15.7 Å². The molecule has 0 unspecified atom stereocenters. The molecule has 2 aromatic rings. The lowest BCUT2D eigenvalue weighted by atomic mass is 10.2. The van der Waals surface area contributed by atoms with Crippen LogP contribution in [0.5, 0.6) is 0 Å². The second-order valence-electron chi connectivity index (χ2n) is 4.25. The molecule has 100 valence electrons. The van der Waals surface area contributed by atoms with Gasteiger partial charge in [0.05, 0.1) is 27.7 Å². The van der Waals surface area contributed by atoms with Crippen LogP contribution in [0.4, 0.5) is 5.69 Å². The fraction of sp³-hybridized carbons (Fsp3) is 0.231. The Morgan fingerprint density at radius 2 is 2.11 bits per heavy atom. The number of aryl methyl sites for hydroxylation is 2. The first-order valence-corrected chi connectivity index (χ1v) is 6.84. The Bertz CT molecular complexity index is 652. The van der Waals surface area contributed by atoms with E-state index in [1.54, 1.807) is 22.9 Å². The summed E-state index contributed by atoms with van der Waals surface area (Å²) < 4.78 is 2.54. The summed E-state index contributed by atoms with van der Waals surface area (Å²) in [5, 5.41) is 7.53. The van der Waals surface area contributed by atoms with Crippen molar-refractivity contribution in [3.05, 3.63) is 44.6 Å². The average Bonchev–Trinajstić information content (AvgIpc) is 2.59. The highest BCUT2D eigenvalue weighted by Crippen LogP contribution is 2.24. The van der Waals surface area contributed by atoms with Gasteiger partial charge in [-0.05, 0) is 32.0 Å². The van der Waals surface area contributed by atoms with Gasteiger partial charge in [-0.25, -0.2) is 0 Å². The predicted molar refractivity (Wildman–Crippen MR) is 79.8 cm³/mol. The van der Waals surface area contributed by atoms with Gasteiger partial charge in [0, 0.05) is 11.5 Å². The van der Waals surface area contributed by atoms with Crippen LogP contribution < -0.4 is 5.32 Å². The number of hydrogen-bond acceptors (Lipinski definition) is 2. The van der Waals surface area contributed by atoms with Gasteiger partial charge >= 0.3 is 0 Å². The van der Waals surface area contributed by atoms with Crippen molar-refractivity contribution in [1.82, 2.24) is 9.78 Å². The minimum Gasteiger partial charge on any atom is -0.319 e. The number of hydrogen-bond donors (Lipinski definition) is 1. The van der Waals surface area contributed by atoms with Crippen LogP contribution in [0.2, 0.25) is 5.02 Å². The Labute approximate surface area is 124 Å². The third-order valence-electron chi connectivity index (χ3n) is 2.92. The molecule has 0 atom stereocenters. The standard InChI is InChI=1S/C13H13BrClN3O/c1-7-12(8(2)18(3)17-7)16-13(19)10-6-9(14)4-5-11(10)15/h4-6H,1-3H3,(H,16,19). The molecule has 0 aliphatic heterocycles. The van der Waals surface area contributed by atoms with Gasteiger partial charge in [-0.2, -0.15) is 5.10 Å². The van der Waals surface area contributed by atoms with Crippen molar-refractivity contribution in [3.8, 4) is 0 Å². The molecular formula is C13H13BrClN3O. The van der Waals surface area contributed by atoms with Crippen molar-refractivity contribution in [3.63, 3.8) is 0 Å². The SMILES string of the molecule is Cc1nn(C)c(C)c1NC(=O)c1cc(Br)ccc1Cl. The van der Waals surface area contributed by atoms with Gasteiger partial charge in [-0.15, -0.1) is 0 Å². The van der Waals surface area contributed by atoms with E-state index < -0.39 is 0 Å². The molecule has 4 nitrogen and oxygen atoms in total. The number of halogens is 2. The van der Waals surface area contributed by atoms with E-state index in [-0.39, 0.29) is 5.91 Å². The summed E-state index contributed by atoms with van der Waals surface area (Å²) in [6.07, 6.45) is 0. The van der Waals surface area contributed by atoms with Gasteiger partial charge in [0.1, 0.15) is 0 Å². The maximum Gasteiger partial charge on any atom is 0.257 e. The summed E-state index contributed by atoms with van der Waals surface area (Å²) in [5.41, 5.74) is 2.83. The Morgan fingerprint density at radius 1 is 1.42 bits per heavy atom. The predicted octanol–water partition coefficient (Wildman–Crippen LogP) is 3.71. The Balaban J connectivity index is 2.33. The molecule has 0 radical (unpaired) electrons. The smallest absolute Gasteiger partial charge is 0.257 e. The van der Waals surface area contributed by atoms with Crippen molar-refractivity contribution in [2.24, 2.45) is 7.05 Å². The first-order valence-electron chi connectivity index (χ1n) is 5.66. The monoisotopic (exact) mass is 341 g/mol. The summed E-state index contributed by atoms with van der Waals surface area (Å²) in [6, 6.07) is 5.17. The normalized spacial score (nSPS) is 10.6. The summed E-state index contributed by atoms with van der Waals surface area (Å²) in [5.74, 6) is -0.245. The number of rotatable bonds is 2. The van der Waals surface area contributed by atoms with Crippen LogP contribution in [0.1, 0.15) is 21.7 Å². The van der Waals surface area contributed by atoms with Gasteiger partial charge in [0.25, 0.3) is 5.91 Å². The lowest BCUT2D eigenvalue weighted by molar-refractivity contribution is 0.102. The molecule has 0 saturated heterocycles. The fourth-order valence-electron chi connectivity index (χ4n) is 1.81. The molecule has 19 heavy (non-hydrogen) atoms. The number of amides is 1. The summed E-state index contributed by atoms with van der Waals surface area (Å²) in [4.78, 5) is 12.2. The molecule has 0 aliphatic rings. The third-order valence-corrected chi connectivity index (χ3v) is 3.74. The molecule has 0 fully saturated rings. The van der Waals surface area contributed by atoms with Gasteiger partial charge < -0.3 is 5.32 Å². The zero-order valence-electron chi connectivity index (χ0n) is 10.8. The molecule has 1 heterocycles. The van der Waals surface area contributed by atoms with Crippen molar-refractivity contribution >= 4 is 39.1 Å². The van der Waals surface area contributed by atoms with Gasteiger partial charge in [-0.1, -0.05) is 27.5 Å². The van der Waals surface area contributed by atoms with E-state index >= 15 is 0 Å². The molecule has 1 aromatic carbocycles.